The van der Waals surface area contributed by atoms with Crippen LogP contribution < -0.4 is 5.43 Å². The molecule has 104 valence electrons. The maximum Gasteiger partial charge on any atom is 0.359 e. The van der Waals surface area contributed by atoms with E-state index < -0.39 is 16.0 Å². The zero-order valence-electron chi connectivity index (χ0n) is 10.6. The van der Waals surface area contributed by atoms with Crippen LogP contribution in [0.2, 0.25) is 0 Å². The van der Waals surface area contributed by atoms with Crippen LogP contribution in [0.3, 0.4) is 0 Å². The zero-order chi connectivity index (χ0) is 15.0. The van der Waals surface area contributed by atoms with Gasteiger partial charge in [0.1, 0.15) is 16.7 Å². The van der Waals surface area contributed by atoms with Crippen LogP contribution in [0.1, 0.15) is 0 Å². The topological polar surface area (TPSA) is 93.6 Å². The Morgan fingerprint density at radius 1 is 1.05 bits per heavy atom. The molecule has 0 unspecified atom stereocenters. The third-order valence-corrected chi connectivity index (χ3v) is 3.09. The van der Waals surface area contributed by atoms with Crippen LogP contribution in [-0.2, 0) is 0 Å². The predicted molar refractivity (Wildman–Crippen MR) is 76.2 cm³/mol. The van der Waals surface area contributed by atoms with Crippen molar-refractivity contribution in [3.8, 4) is 17.1 Å². The van der Waals surface area contributed by atoms with E-state index in [0.717, 1.165) is 0 Å². The summed E-state index contributed by atoms with van der Waals surface area (Å²) >= 11 is 0. The van der Waals surface area contributed by atoms with Crippen molar-refractivity contribution in [2.24, 2.45) is 0 Å². The van der Waals surface area contributed by atoms with Crippen LogP contribution in [0.15, 0.2) is 57.7 Å². The number of nitro groups is 1. The minimum atomic E-state index is -0.863. The average molecular weight is 283 g/mol. The molecule has 0 amide bonds. The first-order valence-electron chi connectivity index (χ1n) is 6.08. The molecule has 0 fully saturated rings. The molecule has 6 heteroatoms. The third-order valence-electron chi connectivity index (χ3n) is 3.09. The Kier molecular flexibility index (Phi) is 2.91. The smallest absolute Gasteiger partial charge is 0.359 e. The summed E-state index contributed by atoms with van der Waals surface area (Å²) in [6, 6.07) is 12.6. The Morgan fingerprint density at radius 2 is 1.76 bits per heavy atom. The highest BCUT2D eigenvalue weighted by Gasteiger charge is 2.26. The Labute approximate surface area is 118 Å². The van der Waals surface area contributed by atoms with Gasteiger partial charge in [-0.2, -0.15) is 0 Å². The summed E-state index contributed by atoms with van der Waals surface area (Å²) in [6.45, 7) is 0. The molecular weight excluding hydrogens is 274 g/mol. The molecule has 6 nitrogen and oxygen atoms in total. The van der Waals surface area contributed by atoms with Gasteiger partial charge in [0.05, 0.1) is 4.92 Å². The molecule has 0 spiro atoms. The van der Waals surface area contributed by atoms with Gasteiger partial charge in [0.2, 0.25) is 5.76 Å². The quantitative estimate of drug-likeness (QED) is 0.576. The molecule has 3 rings (SSSR count). The second-order valence-corrected chi connectivity index (χ2v) is 4.38. The number of aromatic hydroxyl groups is 1. The molecule has 0 saturated carbocycles. The Morgan fingerprint density at radius 3 is 2.43 bits per heavy atom. The lowest BCUT2D eigenvalue weighted by Crippen LogP contribution is -2.10. The van der Waals surface area contributed by atoms with E-state index in [1.54, 1.807) is 30.3 Å². The van der Waals surface area contributed by atoms with Gasteiger partial charge in [-0.05, 0) is 12.1 Å². The number of hydrogen-bond acceptors (Lipinski definition) is 5. The van der Waals surface area contributed by atoms with Gasteiger partial charge in [0.25, 0.3) is 5.43 Å². The van der Waals surface area contributed by atoms with E-state index in [1.807, 2.05) is 0 Å². The van der Waals surface area contributed by atoms with Crippen LogP contribution in [0.25, 0.3) is 22.3 Å². The summed E-state index contributed by atoms with van der Waals surface area (Å²) in [5.41, 5.74) is -1.02. The second kappa shape index (κ2) is 4.75. The van der Waals surface area contributed by atoms with E-state index in [1.165, 1.54) is 18.2 Å². The molecule has 0 radical (unpaired) electrons. The highest BCUT2D eigenvalue weighted by Crippen LogP contribution is 2.32. The highest BCUT2D eigenvalue weighted by molar-refractivity contribution is 5.88. The molecule has 3 aromatic rings. The van der Waals surface area contributed by atoms with Crippen molar-refractivity contribution in [1.82, 2.24) is 0 Å². The maximum absolute atomic E-state index is 12.3. The van der Waals surface area contributed by atoms with E-state index in [-0.39, 0.29) is 22.5 Å². The standard InChI is InChI=1S/C15H9NO5/c17-10-7-4-8-11-12(10)14(18)13(16(19)20)15(21-11)9-5-2-1-3-6-9/h1-8,17H. The lowest BCUT2D eigenvalue weighted by Gasteiger charge is -2.05. The normalized spacial score (nSPS) is 10.7. The van der Waals surface area contributed by atoms with Gasteiger partial charge in [0.15, 0.2) is 0 Å². The number of phenolic OH excluding ortho intramolecular Hbond substituents is 1. The Bertz CT molecular complexity index is 899. The molecular formula is C15H9NO5. The van der Waals surface area contributed by atoms with Gasteiger partial charge in [-0.1, -0.05) is 36.4 Å². The van der Waals surface area contributed by atoms with Crippen molar-refractivity contribution in [2.45, 2.75) is 0 Å². The zero-order valence-corrected chi connectivity index (χ0v) is 10.6. The molecule has 0 aliphatic heterocycles. The van der Waals surface area contributed by atoms with Crippen LogP contribution in [0.4, 0.5) is 5.69 Å². The van der Waals surface area contributed by atoms with Crippen molar-refractivity contribution in [1.29, 1.82) is 0 Å². The maximum atomic E-state index is 12.3. The Hall–Kier alpha value is -3.15. The molecule has 21 heavy (non-hydrogen) atoms. The van der Waals surface area contributed by atoms with E-state index >= 15 is 0 Å². The van der Waals surface area contributed by atoms with E-state index in [4.69, 9.17) is 4.42 Å². The number of nitrogens with zero attached hydrogens (tertiary/aromatic N) is 1. The van der Waals surface area contributed by atoms with E-state index in [2.05, 4.69) is 0 Å². The molecule has 1 heterocycles. The number of fused-ring (bicyclic) bond motifs is 1. The minimum absolute atomic E-state index is 0.101. The minimum Gasteiger partial charge on any atom is -0.507 e. The molecule has 0 bridgehead atoms. The fourth-order valence-electron chi connectivity index (χ4n) is 2.16. The summed E-state index contributed by atoms with van der Waals surface area (Å²) in [7, 11) is 0. The van der Waals surface area contributed by atoms with Gasteiger partial charge in [-0.25, -0.2) is 0 Å². The van der Waals surface area contributed by atoms with E-state index in [9.17, 15) is 20.0 Å². The number of benzene rings is 2. The van der Waals surface area contributed by atoms with Gasteiger partial charge in [-0.3, -0.25) is 14.9 Å². The van der Waals surface area contributed by atoms with Crippen molar-refractivity contribution >= 4 is 16.7 Å². The van der Waals surface area contributed by atoms with Crippen LogP contribution >= 0.6 is 0 Å². The monoisotopic (exact) mass is 283 g/mol. The first-order valence-corrected chi connectivity index (χ1v) is 6.08. The van der Waals surface area contributed by atoms with Crippen LogP contribution in [0, 0.1) is 10.1 Å². The molecule has 1 N–H and O–H groups in total. The SMILES string of the molecule is O=c1c([N+](=O)[O-])c(-c2ccccc2)oc2cccc(O)c12. The number of hydrogen-bond donors (Lipinski definition) is 1. The van der Waals surface area contributed by atoms with Gasteiger partial charge < -0.3 is 9.52 Å². The van der Waals surface area contributed by atoms with Crippen molar-refractivity contribution in [3.05, 3.63) is 68.9 Å². The van der Waals surface area contributed by atoms with Crippen molar-refractivity contribution in [3.63, 3.8) is 0 Å². The second-order valence-electron chi connectivity index (χ2n) is 4.38. The summed E-state index contributed by atoms with van der Waals surface area (Å²) in [4.78, 5) is 22.8. The van der Waals surface area contributed by atoms with Crippen LogP contribution in [0.5, 0.6) is 5.75 Å². The third kappa shape index (κ3) is 2.02. The fourth-order valence-corrected chi connectivity index (χ4v) is 2.16. The first-order chi connectivity index (χ1) is 10.1. The molecule has 0 saturated heterocycles. The van der Waals surface area contributed by atoms with Crippen LogP contribution in [-0.4, -0.2) is 10.0 Å². The average Bonchev–Trinajstić information content (AvgIpc) is 2.47. The lowest BCUT2D eigenvalue weighted by atomic mass is 10.1. The van der Waals surface area contributed by atoms with Gasteiger partial charge in [-0.15, -0.1) is 0 Å². The summed E-state index contributed by atoms with van der Waals surface area (Å²) in [5.74, 6) is -0.465. The van der Waals surface area contributed by atoms with E-state index in [0.29, 0.717) is 5.56 Å². The van der Waals surface area contributed by atoms with Crippen molar-refractivity contribution < 1.29 is 14.4 Å². The lowest BCUT2D eigenvalue weighted by molar-refractivity contribution is -0.386. The largest absolute Gasteiger partial charge is 0.507 e. The molecule has 0 atom stereocenters. The van der Waals surface area contributed by atoms with Crippen molar-refractivity contribution in [2.75, 3.05) is 0 Å². The number of phenols is 1. The first kappa shape index (κ1) is 12.9. The molecule has 0 aliphatic carbocycles. The predicted octanol–water partition coefficient (Wildman–Crippen LogP) is 3.07. The molecule has 2 aromatic carbocycles. The van der Waals surface area contributed by atoms with Gasteiger partial charge in [0, 0.05) is 5.56 Å². The fraction of sp³-hybridized carbons (Fsp3) is 0. The Balaban J connectivity index is 2.48. The highest BCUT2D eigenvalue weighted by atomic mass is 16.6. The summed E-state index contributed by atoms with van der Waals surface area (Å²) < 4.78 is 5.50. The summed E-state index contributed by atoms with van der Waals surface area (Å²) in [6.07, 6.45) is 0. The number of rotatable bonds is 2. The molecule has 1 aromatic heterocycles. The molecule has 0 aliphatic rings. The van der Waals surface area contributed by atoms with Gasteiger partial charge >= 0.3 is 5.69 Å². The summed E-state index contributed by atoms with van der Waals surface area (Å²) in [5, 5.41) is 20.8.